The summed E-state index contributed by atoms with van der Waals surface area (Å²) < 4.78 is 1.47. The second-order valence-corrected chi connectivity index (χ2v) is 22.5. The van der Waals surface area contributed by atoms with Crippen molar-refractivity contribution in [3.8, 4) is 0 Å². The van der Waals surface area contributed by atoms with Crippen LogP contribution in [0.5, 0.6) is 0 Å². The molecule has 0 saturated carbocycles. The van der Waals surface area contributed by atoms with Gasteiger partial charge in [-0.1, -0.05) is 85.6 Å². The van der Waals surface area contributed by atoms with Gasteiger partial charge in [0.05, 0.1) is 24.7 Å². The van der Waals surface area contributed by atoms with Crippen molar-refractivity contribution >= 4 is 92.7 Å². The molecule has 19 N–H and O–H groups in total. The van der Waals surface area contributed by atoms with Crippen LogP contribution < -0.4 is 71.2 Å². The van der Waals surface area contributed by atoms with Crippen LogP contribution in [0.25, 0.3) is 21.7 Å². The fourth-order valence-corrected chi connectivity index (χ4v) is 10.9. The van der Waals surface area contributed by atoms with Gasteiger partial charge in [0.25, 0.3) is 0 Å². The molecule has 8 atom stereocenters. The number of nitrogens with one attached hydrogen (secondary N) is 9. The maximum absolute atomic E-state index is 15.4. The van der Waals surface area contributed by atoms with Gasteiger partial charge in [0, 0.05) is 82.1 Å². The number of fused-ring (bicyclic) bond motifs is 3. The molecule has 0 spiro atoms. The Morgan fingerprint density at radius 1 is 0.756 bits per heavy atom. The predicted octanol–water partition coefficient (Wildman–Crippen LogP) is -2.18. The highest BCUT2D eigenvalue weighted by Gasteiger charge is 2.45. The zero-order chi connectivity index (χ0) is 64.9. The SMILES string of the molecule is CCCC[C@H](NC(C)=O)C(=O)N[C@H]1CC(=O)NCCCC[C@@H](C(N)=O)NC(=O)CNC(=O)[C@H](Cc2c[nH]c3ccccc23)NC(=O)[C@H](CCCN=C(N)N)NC(=O)[C@@H](Cc2ccc3ccccc3c2)NC(=O)[C@@H]2C[C@H](n3cc(CCN=C(N)N)nn3)CN2C1=O. The fourth-order valence-electron chi connectivity index (χ4n) is 10.9. The Balaban J connectivity index is 1.30. The van der Waals surface area contributed by atoms with Crippen LogP contribution >= 0.6 is 0 Å². The molecule has 0 bridgehead atoms. The van der Waals surface area contributed by atoms with E-state index >= 15 is 14.4 Å². The average Bonchev–Trinajstić information content (AvgIpc) is 1.74. The van der Waals surface area contributed by atoms with Gasteiger partial charge < -0.3 is 81.1 Å². The second-order valence-electron chi connectivity index (χ2n) is 22.5. The molecule has 30 heteroatoms. The van der Waals surface area contributed by atoms with Crippen molar-refractivity contribution in [2.24, 2.45) is 38.7 Å². The quantitative estimate of drug-likeness (QED) is 0.0237. The van der Waals surface area contributed by atoms with Crippen LogP contribution in [-0.4, -0.2) is 171 Å². The number of aromatic nitrogens is 4. The molecule has 10 amide bonds. The number of carbonyl (C=O) groups excluding carboxylic acids is 10. The van der Waals surface area contributed by atoms with E-state index in [0.717, 1.165) is 21.7 Å². The minimum absolute atomic E-state index is 0.00412. The summed E-state index contributed by atoms with van der Waals surface area (Å²) in [5.41, 5.74) is 30.6. The van der Waals surface area contributed by atoms with E-state index in [0.29, 0.717) is 29.7 Å². The Labute approximate surface area is 519 Å². The molecule has 3 aromatic carbocycles. The lowest BCUT2D eigenvalue weighted by Gasteiger charge is -2.31. The van der Waals surface area contributed by atoms with E-state index in [9.17, 15) is 33.6 Å². The number of nitrogens with two attached hydrogens (primary N) is 5. The van der Waals surface area contributed by atoms with E-state index < -0.39 is 120 Å². The Kier molecular flexibility index (Phi) is 24.5. The van der Waals surface area contributed by atoms with E-state index in [1.807, 2.05) is 61.5 Å². The van der Waals surface area contributed by atoms with Crippen molar-refractivity contribution in [2.45, 2.75) is 146 Å². The average molecular weight is 1240 g/mol. The van der Waals surface area contributed by atoms with Gasteiger partial charge in [0.15, 0.2) is 11.9 Å². The molecule has 2 fully saturated rings. The summed E-state index contributed by atoms with van der Waals surface area (Å²) in [6.07, 6.45) is 4.40. The number of benzene rings is 3. The van der Waals surface area contributed by atoms with Crippen molar-refractivity contribution in [3.63, 3.8) is 0 Å². The fraction of sp³-hybridized carbons (Fsp3) is 0.467. The summed E-state index contributed by atoms with van der Waals surface area (Å²) in [5.74, 6) is -8.19. The van der Waals surface area contributed by atoms with Gasteiger partial charge in [-0.3, -0.25) is 57.9 Å². The lowest BCUT2D eigenvalue weighted by Crippen LogP contribution is -2.60. The van der Waals surface area contributed by atoms with E-state index in [2.05, 4.69) is 67.8 Å². The predicted molar refractivity (Wildman–Crippen MR) is 334 cm³/mol. The Morgan fingerprint density at radius 3 is 2.20 bits per heavy atom. The van der Waals surface area contributed by atoms with Crippen LogP contribution in [0.4, 0.5) is 0 Å². The van der Waals surface area contributed by atoms with Gasteiger partial charge in [-0.2, -0.15) is 0 Å². The molecule has 5 aromatic rings. The van der Waals surface area contributed by atoms with Crippen LogP contribution in [0, 0.1) is 0 Å². The van der Waals surface area contributed by atoms with Gasteiger partial charge in [0.1, 0.15) is 42.3 Å². The first-order valence-electron chi connectivity index (χ1n) is 30.1. The molecule has 0 radical (unpaired) electrons. The Hall–Kier alpha value is -10.2. The van der Waals surface area contributed by atoms with E-state index in [1.54, 1.807) is 24.5 Å². The highest BCUT2D eigenvalue weighted by atomic mass is 16.2. The van der Waals surface area contributed by atoms with Gasteiger partial charge in [-0.15, -0.1) is 5.10 Å². The molecule has 2 aliphatic heterocycles. The molecule has 90 heavy (non-hydrogen) atoms. The highest BCUT2D eigenvalue weighted by Crippen LogP contribution is 2.29. The Morgan fingerprint density at radius 2 is 1.46 bits per heavy atom. The molecular formula is C60H82N20O10. The number of hydrogen-bond donors (Lipinski definition) is 14. The number of aliphatic imine (C=N–C) groups is 2. The summed E-state index contributed by atoms with van der Waals surface area (Å²) in [4.78, 5) is 155. The number of primary amides is 1. The molecule has 4 heterocycles. The van der Waals surface area contributed by atoms with Gasteiger partial charge in [0.2, 0.25) is 59.1 Å². The third-order valence-electron chi connectivity index (χ3n) is 15.5. The van der Waals surface area contributed by atoms with Crippen LogP contribution in [0.15, 0.2) is 89.1 Å². The standard InChI is InChI=1S/C60H82N20O10/c1-3-4-15-44(71-34(2)81)54(86)76-48-29-50(82)66-22-10-9-17-43(52(61)84)72-51(83)31-70-53(85)47(27-38-30-69-42-16-8-7-14-41(38)42)74-55(87)45(18-11-23-67-59(62)63)73-56(88)46(26-35-19-20-36-12-5-6-13-37(36)25-35)75-57(89)49-28-40(33-79(49)58(48)90)80-32-39(77-78-80)21-24-68-60(64)65/h5-8,12-14,16,19-20,25,30,32,40,43-49,69H,3-4,9-11,15,17-18,21-24,26-29,31,33H2,1-2H3,(H2,61,84)(H,66,82)(H,70,85)(H,71,81)(H,72,83)(H,73,88)(H,74,87)(H,75,89)(H,76,86)(H4,62,63,67)(H4,64,65,68)/t40-,43-,44-,45-,46+,47-,48-,49-/m0/s1. The monoisotopic (exact) mass is 1240 g/mol. The smallest absolute Gasteiger partial charge is 0.246 e. The zero-order valence-corrected chi connectivity index (χ0v) is 50.5. The number of unbranched alkanes of at least 4 members (excludes halogenated alkanes) is 1. The van der Waals surface area contributed by atoms with E-state index in [4.69, 9.17) is 28.7 Å². The van der Waals surface area contributed by atoms with Crippen LogP contribution in [0.2, 0.25) is 0 Å². The molecule has 2 saturated heterocycles. The van der Waals surface area contributed by atoms with Crippen molar-refractivity contribution in [3.05, 3.63) is 95.9 Å². The number of amides is 10. The minimum atomic E-state index is -1.64. The molecule has 2 aromatic heterocycles. The number of aromatic amines is 1. The normalized spacial score (nSPS) is 21.5. The summed E-state index contributed by atoms with van der Waals surface area (Å²) >= 11 is 0. The van der Waals surface area contributed by atoms with E-state index in [-0.39, 0.29) is 102 Å². The number of H-pyrrole nitrogens is 1. The number of rotatable bonds is 19. The summed E-state index contributed by atoms with van der Waals surface area (Å²) in [6.45, 7) is 2.46. The van der Waals surface area contributed by atoms with Crippen molar-refractivity contribution in [1.82, 2.24) is 67.4 Å². The Bertz CT molecular complexity index is 3450. The number of para-hydroxylation sites is 1. The number of guanidine groups is 2. The summed E-state index contributed by atoms with van der Waals surface area (Å²) in [5, 5.41) is 32.7. The van der Waals surface area contributed by atoms with Gasteiger partial charge in [-0.25, -0.2) is 4.68 Å². The summed E-state index contributed by atoms with van der Waals surface area (Å²) in [6, 6.07) is 9.81. The molecule has 482 valence electrons. The minimum Gasteiger partial charge on any atom is -0.370 e. The number of hydrogen-bond acceptors (Lipinski definition) is 14. The second kappa shape index (κ2) is 32.7. The maximum Gasteiger partial charge on any atom is 0.246 e. The first-order valence-corrected chi connectivity index (χ1v) is 30.1. The molecule has 0 unspecified atom stereocenters. The molecule has 0 aliphatic carbocycles. The van der Waals surface area contributed by atoms with Crippen molar-refractivity contribution in [1.29, 1.82) is 0 Å². The molecular weight excluding hydrogens is 1160 g/mol. The topological polar surface area (TPSA) is 471 Å². The van der Waals surface area contributed by atoms with Crippen molar-refractivity contribution in [2.75, 3.05) is 32.7 Å². The first kappa shape index (κ1) is 67.3. The number of carbonyl (C=O) groups is 10. The third-order valence-corrected chi connectivity index (χ3v) is 15.5. The third kappa shape index (κ3) is 19.7. The number of nitrogens with zero attached hydrogens (tertiary/aromatic N) is 6. The summed E-state index contributed by atoms with van der Waals surface area (Å²) in [7, 11) is 0. The first-order chi connectivity index (χ1) is 43.1. The maximum atomic E-state index is 15.4. The van der Waals surface area contributed by atoms with Crippen LogP contribution in [-0.2, 0) is 67.2 Å². The lowest BCUT2D eigenvalue weighted by molar-refractivity contribution is -0.143. The van der Waals surface area contributed by atoms with Crippen LogP contribution in [0.3, 0.4) is 0 Å². The van der Waals surface area contributed by atoms with Gasteiger partial charge >= 0.3 is 0 Å². The zero-order valence-electron chi connectivity index (χ0n) is 50.5. The van der Waals surface area contributed by atoms with Crippen molar-refractivity contribution < 1.29 is 47.9 Å². The molecule has 2 aliphatic rings. The van der Waals surface area contributed by atoms with Crippen LogP contribution in [0.1, 0.15) is 101 Å². The van der Waals surface area contributed by atoms with E-state index in [1.165, 1.54) is 16.5 Å². The lowest BCUT2D eigenvalue weighted by atomic mass is 9.99. The van der Waals surface area contributed by atoms with Gasteiger partial charge in [-0.05, 0) is 66.5 Å². The largest absolute Gasteiger partial charge is 0.370 e. The molecule has 7 rings (SSSR count). The molecule has 30 nitrogen and oxygen atoms in total. The highest BCUT2D eigenvalue weighted by molar-refractivity contribution is 5.99.